The highest BCUT2D eigenvalue weighted by atomic mass is 35.5. The average Bonchev–Trinajstić information content (AvgIpc) is 2.63. The van der Waals surface area contributed by atoms with E-state index >= 15 is 0 Å². The maximum Gasteiger partial charge on any atom is 0.249 e. The summed E-state index contributed by atoms with van der Waals surface area (Å²) in [6.07, 6.45) is 1.56. The van der Waals surface area contributed by atoms with Crippen LogP contribution in [0.15, 0.2) is 54.7 Å². The number of hydrogen-bond acceptors (Lipinski definition) is 6. The zero-order chi connectivity index (χ0) is 18.4. The van der Waals surface area contributed by atoms with Crippen molar-refractivity contribution in [2.45, 2.75) is 13.5 Å². The zero-order valence-electron chi connectivity index (χ0n) is 14.0. The van der Waals surface area contributed by atoms with Crippen LogP contribution in [0.3, 0.4) is 0 Å². The van der Waals surface area contributed by atoms with Crippen molar-refractivity contribution in [2.24, 2.45) is 0 Å². The Morgan fingerprint density at radius 3 is 2.42 bits per heavy atom. The summed E-state index contributed by atoms with van der Waals surface area (Å²) in [6.45, 7) is 2.06. The van der Waals surface area contributed by atoms with Gasteiger partial charge in [0.25, 0.3) is 0 Å². The van der Waals surface area contributed by atoms with Crippen LogP contribution in [0.25, 0.3) is 0 Å². The molecule has 1 amide bonds. The number of carbonyl (C=O) groups excluding carboxylic acids is 1. The number of nitrogens with zero attached hydrogens (tertiary/aromatic N) is 3. The fraction of sp³-hybridized carbons (Fsp3) is 0.111. The molecule has 0 fully saturated rings. The number of nitrogens with one attached hydrogen (secondary N) is 3. The minimum atomic E-state index is -0.113. The molecule has 8 heteroatoms. The first kappa shape index (κ1) is 17.6. The standard InChI is InChI=1S/C18H17ClN6O/c1-12(26)22-15-6-8-16(9-7-15)23-18-24-17(11-21-25-18)20-10-13-2-4-14(19)5-3-13/h2-9,11H,10H2,1H3,(H,22,26)(H2,20,23,24,25). The maximum absolute atomic E-state index is 11.0. The Hall–Kier alpha value is -3.19. The van der Waals surface area contributed by atoms with Gasteiger partial charge in [-0.15, -0.1) is 5.10 Å². The minimum Gasteiger partial charge on any atom is -0.365 e. The van der Waals surface area contributed by atoms with Gasteiger partial charge in [0.15, 0.2) is 5.82 Å². The first-order valence-corrected chi connectivity index (χ1v) is 8.29. The van der Waals surface area contributed by atoms with Crippen molar-refractivity contribution in [2.75, 3.05) is 16.0 Å². The van der Waals surface area contributed by atoms with Crippen molar-refractivity contribution in [3.05, 3.63) is 65.3 Å². The van der Waals surface area contributed by atoms with E-state index < -0.39 is 0 Å². The normalized spacial score (nSPS) is 10.2. The van der Waals surface area contributed by atoms with E-state index in [1.807, 2.05) is 36.4 Å². The van der Waals surface area contributed by atoms with Crippen molar-refractivity contribution in [3.8, 4) is 0 Å². The van der Waals surface area contributed by atoms with Gasteiger partial charge >= 0.3 is 0 Å². The van der Waals surface area contributed by atoms with Gasteiger partial charge in [0.1, 0.15) is 0 Å². The predicted octanol–water partition coefficient (Wildman–Crippen LogP) is 3.84. The number of anilines is 4. The van der Waals surface area contributed by atoms with Gasteiger partial charge in [-0.25, -0.2) is 0 Å². The molecule has 7 nitrogen and oxygen atoms in total. The molecule has 0 atom stereocenters. The third-order valence-corrected chi connectivity index (χ3v) is 3.66. The first-order valence-electron chi connectivity index (χ1n) is 7.91. The molecule has 2 aromatic carbocycles. The van der Waals surface area contributed by atoms with Gasteiger partial charge in [-0.1, -0.05) is 23.7 Å². The zero-order valence-corrected chi connectivity index (χ0v) is 14.8. The highest BCUT2D eigenvalue weighted by molar-refractivity contribution is 6.30. The molecular formula is C18H17ClN6O. The number of benzene rings is 2. The van der Waals surface area contributed by atoms with E-state index in [2.05, 4.69) is 31.1 Å². The highest BCUT2D eigenvalue weighted by Gasteiger charge is 2.03. The Morgan fingerprint density at radius 1 is 1.04 bits per heavy atom. The summed E-state index contributed by atoms with van der Waals surface area (Å²) in [6, 6.07) is 14.8. The number of aromatic nitrogens is 3. The van der Waals surface area contributed by atoms with Crippen molar-refractivity contribution in [3.63, 3.8) is 0 Å². The lowest BCUT2D eigenvalue weighted by Crippen LogP contribution is -2.06. The van der Waals surface area contributed by atoms with Crippen molar-refractivity contribution >= 4 is 40.6 Å². The topological polar surface area (TPSA) is 91.8 Å². The van der Waals surface area contributed by atoms with Crippen LogP contribution in [-0.2, 0) is 11.3 Å². The molecule has 132 valence electrons. The second kappa shape index (κ2) is 8.26. The third-order valence-electron chi connectivity index (χ3n) is 3.41. The molecule has 0 unspecified atom stereocenters. The highest BCUT2D eigenvalue weighted by Crippen LogP contribution is 2.17. The van der Waals surface area contributed by atoms with Gasteiger partial charge in [0.05, 0.1) is 6.20 Å². The van der Waals surface area contributed by atoms with E-state index in [1.54, 1.807) is 18.3 Å². The Balaban J connectivity index is 1.61. The van der Waals surface area contributed by atoms with Crippen LogP contribution in [0.2, 0.25) is 5.02 Å². The molecule has 0 aliphatic carbocycles. The molecule has 0 aliphatic heterocycles. The Labute approximate surface area is 155 Å². The van der Waals surface area contributed by atoms with E-state index in [1.165, 1.54) is 6.92 Å². The molecule has 0 saturated heterocycles. The van der Waals surface area contributed by atoms with E-state index in [0.717, 1.165) is 16.9 Å². The van der Waals surface area contributed by atoms with E-state index in [-0.39, 0.29) is 5.91 Å². The van der Waals surface area contributed by atoms with Crippen LogP contribution >= 0.6 is 11.6 Å². The van der Waals surface area contributed by atoms with Crippen molar-refractivity contribution in [1.82, 2.24) is 15.2 Å². The quantitative estimate of drug-likeness (QED) is 0.612. The molecule has 0 spiro atoms. The van der Waals surface area contributed by atoms with E-state index in [9.17, 15) is 4.79 Å². The van der Waals surface area contributed by atoms with Crippen LogP contribution in [0.5, 0.6) is 0 Å². The summed E-state index contributed by atoms with van der Waals surface area (Å²) in [7, 11) is 0. The van der Waals surface area contributed by atoms with E-state index in [0.29, 0.717) is 23.3 Å². The van der Waals surface area contributed by atoms with Crippen LogP contribution in [0.4, 0.5) is 23.1 Å². The summed E-state index contributed by atoms with van der Waals surface area (Å²) in [5.74, 6) is 0.864. The second-order valence-corrected chi connectivity index (χ2v) is 5.97. The lowest BCUT2D eigenvalue weighted by molar-refractivity contribution is -0.114. The Kier molecular flexibility index (Phi) is 5.60. The summed E-state index contributed by atoms with van der Waals surface area (Å²) in [5.41, 5.74) is 2.59. The molecule has 26 heavy (non-hydrogen) atoms. The summed E-state index contributed by atoms with van der Waals surface area (Å²) < 4.78 is 0. The molecule has 3 N–H and O–H groups in total. The lowest BCUT2D eigenvalue weighted by Gasteiger charge is -2.08. The minimum absolute atomic E-state index is 0.113. The molecule has 3 aromatic rings. The Morgan fingerprint density at radius 2 is 1.73 bits per heavy atom. The van der Waals surface area contributed by atoms with Gasteiger partial charge in [-0.3, -0.25) is 4.79 Å². The second-order valence-electron chi connectivity index (χ2n) is 5.53. The first-order chi connectivity index (χ1) is 12.6. The smallest absolute Gasteiger partial charge is 0.249 e. The van der Waals surface area contributed by atoms with Crippen LogP contribution < -0.4 is 16.0 Å². The maximum atomic E-state index is 11.0. The number of carbonyl (C=O) groups is 1. The van der Waals surface area contributed by atoms with Crippen LogP contribution in [0.1, 0.15) is 12.5 Å². The van der Waals surface area contributed by atoms with Gasteiger partial charge < -0.3 is 16.0 Å². The number of amides is 1. The van der Waals surface area contributed by atoms with Crippen LogP contribution in [-0.4, -0.2) is 21.1 Å². The van der Waals surface area contributed by atoms with Crippen LogP contribution in [0, 0.1) is 0 Å². The van der Waals surface area contributed by atoms with Crippen molar-refractivity contribution in [1.29, 1.82) is 0 Å². The molecule has 0 aliphatic rings. The largest absolute Gasteiger partial charge is 0.365 e. The molecular weight excluding hydrogens is 352 g/mol. The van der Waals surface area contributed by atoms with Gasteiger partial charge in [0, 0.05) is 29.9 Å². The molecule has 3 rings (SSSR count). The fourth-order valence-corrected chi connectivity index (χ4v) is 2.33. The average molecular weight is 369 g/mol. The SMILES string of the molecule is CC(=O)Nc1ccc(Nc2nncc(NCc3ccc(Cl)cc3)n2)cc1. The van der Waals surface area contributed by atoms with Gasteiger partial charge in [0.2, 0.25) is 11.9 Å². The van der Waals surface area contributed by atoms with Gasteiger partial charge in [-0.05, 0) is 42.0 Å². The predicted molar refractivity (Wildman–Crippen MR) is 103 cm³/mol. The monoisotopic (exact) mass is 368 g/mol. The molecule has 1 aromatic heterocycles. The number of halogens is 1. The molecule has 0 bridgehead atoms. The number of rotatable bonds is 6. The lowest BCUT2D eigenvalue weighted by atomic mass is 10.2. The summed E-state index contributed by atoms with van der Waals surface area (Å²) in [4.78, 5) is 15.4. The van der Waals surface area contributed by atoms with E-state index in [4.69, 9.17) is 11.6 Å². The molecule has 0 radical (unpaired) electrons. The Bertz CT molecular complexity index is 883. The third kappa shape index (κ3) is 5.15. The number of hydrogen-bond donors (Lipinski definition) is 3. The summed E-state index contributed by atoms with van der Waals surface area (Å²) in [5, 5.41) is 17.6. The summed E-state index contributed by atoms with van der Waals surface area (Å²) >= 11 is 5.88. The fourth-order valence-electron chi connectivity index (χ4n) is 2.21. The molecule has 1 heterocycles. The molecule has 0 saturated carbocycles. The van der Waals surface area contributed by atoms with Gasteiger partial charge in [-0.2, -0.15) is 10.1 Å². The van der Waals surface area contributed by atoms with Crippen molar-refractivity contribution < 1.29 is 4.79 Å².